The Balaban J connectivity index is 1.92. The molecule has 0 aliphatic carbocycles. The fourth-order valence-corrected chi connectivity index (χ4v) is 2.94. The fourth-order valence-electron chi connectivity index (χ4n) is 2.94. The van der Waals surface area contributed by atoms with E-state index in [0.717, 1.165) is 16.7 Å². The molecule has 0 saturated carbocycles. The number of amides is 3. The minimum Gasteiger partial charge on any atom is -0.481 e. The van der Waals surface area contributed by atoms with Crippen LogP contribution in [-0.2, 0) is 25.6 Å². The molecule has 0 spiro atoms. The Bertz CT molecular complexity index is 913. The fraction of sp³-hybridized carbons (Fsp3) is 0.304. The van der Waals surface area contributed by atoms with Crippen molar-refractivity contribution in [2.75, 3.05) is 0 Å². The third kappa shape index (κ3) is 7.93. The van der Waals surface area contributed by atoms with Crippen molar-refractivity contribution in [3.8, 4) is 11.1 Å². The predicted molar refractivity (Wildman–Crippen MR) is 116 cm³/mol. The Labute approximate surface area is 180 Å². The number of rotatable bonds is 11. The molecule has 0 bridgehead atoms. The van der Waals surface area contributed by atoms with Crippen molar-refractivity contribution >= 4 is 23.7 Å². The standard InChI is InChI=1S/C23H27N3O5/c1-15(22(24)30)25-23(31)19(12-14-21(28)29)26-20(27)13-9-16-7-10-18(11-8-16)17-5-3-2-4-6-17/h2-8,10-11,15,19H,9,12-14H2,1H3,(H2,24,30)(H,25,31)(H,26,27)(H,28,29)/t15-,19?/m0/s1. The number of carboxylic acid groups (broad SMARTS) is 1. The van der Waals surface area contributed by atoms with E-state index < -0.39 is 29.9 Å². The molecule has 8 heteroatoms. The summed E-state index contributed by atoms with van der Waals surface area (Å²) in [5.41, 5.74) is 8.27. The van der Waals surface area contributed by atoms with Crippen LogP contribution in [0, 0.1) is 0 Å². The number of aliphatic carboxylic acids is 1. The van der Waals surface area contributed by atoms with Crippen molar-refractivity contribution in [1.82, 2.24) is 10.6 Å². The molecule has 1 unspecified atom stereocenters. The van der Waals surface area contributed by atoms with Crippen LogP contribution < -0.4 is 16.4 Å². The number of nitrogens with two attached hydrogens (primary N) is 1. The lowest BCUT2D eigenvalue weighted by Gasteiger charge is -2.19. The smallest absolute Gasteiger partial charge is 0.303 e. The van der Waals surface area contributed by atoms with E-state index in [0.29, 0.717) is 6.42 Å². The van der Waals surface area contributed by atoms with E-state index in [1.807, 2.05) is 54.6 Å². The van der Waals surface area contributed by atoms with Gasteiger partial charge < -0.3 is 21.5 Å². The van der Waals surface area contributed by atoms with E-state index >= 15 is 0 Å². The van der Waals surface area contributed by atoms with Crippen LogP contribution in [0.15, 0.2) is 54.6 Å². The molecule has 0 fully saturated rings. The molecule has 31 heavy (non-hydrogen) atoms. The molecule has 164 valence electrons. The molecule has 8 nitrogen and oxygen atoms in total. The van der Waals surface area contributed by atoms with Gasteiger partial charge in [0.1, 0.15) is 12.1 Å². The lowest BCUT2D eigenvalue weighted by atomic mass is 10.0. The third-order valence-corrected chi connectivity index (χ3v) is 4.79. The number of nitrogens with one attached hydrogen (secondary N) is 2. The summed E-state index contributed by atoms with van der Waals surface area (Å²) < 4.78 is 0. The largest absolute Gasteiger partial charge is 0.481 e. The number of hydrogen-bond acceptors (Lipinski definition) is 4. The van der Waals surface area contributed by atoms with E-state index in [1.54, 1.807) is 0 Å². The molecule has 5 N–H and O–H groups in total. The van der Waals surface area contributed by atoms with Gasteiger partial charge >= 0.3 is 5.97 Å². The number of carbonyl (C=O) groups is 4. The highest BCUT2D eigenvalue weighted by molar-refractivity contribution is 5.91. The molecular formula is C23H27N3O5. The van der Waals surface area contributed by atoms with Crippen molar-refractivity contribution < 1.29 is 24.3 Å². The zero-order valence-corrected chi connectivity index (χ0v) is 17.3. The summed E-state index contributed by atoms with van der Waals surface area (Å²) in [6.07, 6.45) is 0.202. The summed E-state index contributed by atoms with van der Waals surface area (Å²) in [5, 5.41) is 13.8. The summed E-state index contributed by atoms with van der Waals surface area (Å²) in [6.45, 7) is 1.41. The van der Waals surface area contributed by atoms with Crippen LogP contribution in [0.4, 0.5) is 0 Å². The lowest BCUT2D eigenvalue weighted by Crippen LogP contribution is -2.52. The second kappa shape index (κ2) is 11.5. The van der Waals surface area contributed by atoms with E-state index in [2.05, 4.69) is 10.6 Å². The van der Waals surface area contributed by atoms with Gasteiger partial charge in [-0.15, -0.1) is 0 Å². The molecule has 3 amide bonds. The molecule has 0 aliphatic rings. The number of benzene rings is 2. The Hall–Kier alpha value is -3.68. The van der Waals surface area contributed by atoms with Gasteiger partial charge in [0.2, 0.25) is 17.7 Å². The maximum absolute atomic E-state index is 12.4. The summed E-state index contributed by atoms with van der Waals surface area (Å²) >= 11 is 0. The van der Waals surface area contributed by atoms with Gasteiger partial charge in [-0.25, -0.2) is 0 Å². The Kier molecular flexibility index (Phi) is 8.75. The van der Waals surface area contributed by atoms with Gasteiger partial charge in [0.05, 0.1) is 0 Å². The van der Waals surface area contributed by atoms with Gasteiger partial charge in [-0.3, -0.25) is 19.2 Å². The first-order valence-electron chi connectivity index (χ1n) is 10.0. The van der Waals surface area contributed by atoms with Gasteiger partial charge in [-0.1, -0.05) is 54.6 Å². The number of hydrogen-bond donors (Lipinski definition) is 4. The summed E-state index contributed by atoms with van der Waals surface area (Å²) in [5.74, 6) is -2.85. The Morgan fingerprint density at radius 1 is 0.903 bits per heavy atom. The first kappa shape index (κ1) is 23.6. The third-order valence-electron chi connectivity index (χ3n) is 4.79. The summed E-state index contributed by atoms with van der Waals surface area (Å²) in [7, 11) is 0. The van der Waals surface area contributed by atoms with Crippen molar-refractivity contribution in [3.63, 3.8) is 0 Å². The quantitative estimate of drug-likeness (QED) is 0.433. The number of primary amides is 1. The summed E-state index contributed by atoms with van der Waals surface area (Å²) in [6, 6.07) is 15.8. The van der Waals surface area contributed by atoms with E-state index in [1.165, 1.54) is 6.92 Å². The Morgan fingerprint density at radius 2 is 1.52 bits per heavy atom. The normalized spacial score (nSPS) is 12.4. The average molecular weight is 425 g/mol. The topological polar surface area (TPSA) is 139 Å². The monoisotopic (exact) mass is 425 g/mol. The van der Waals surface area contributed by atoms with Gasteiger partial charge in [0.15, 0.2) is 0 Å². The molecule has 0 aromatic heterocycles. The van der Waals surface area contributed by atoms with Crippen molar-refractivity contribution in [1.29, 1.82) is 0 Å². The molecule has 0 saturated heterocycles. The zero-order chi connectivity index (χ0) is 22.8. The first-order valence-corrected chi connectivity index (χ1v) is 10.0. The SMILES string of the molecule is C[C@H](NC(=O)C(CCC(=O)O)NC(=O)CCc1ccc(-c2ccccc2)cc1)C(N)=O. The van der Waals surface area contributed by atoms with Crippen LogP contribution in [0.5, 0.6) is 0 Å². The minimum absolute atomic E-state index is 0.0931. The van der Waals surface area contributed by atoms with Crippen molar-refractivity contribution in [2.45, 2.75) is 44.7 Å². The molecule has 0 heterocycles. The van der Waals surface area contributed by atoms with Crippen molar-refractivity contribution in [3.05, 3.63) is 60.2 Å². The highest BCUT2D eigenvalue weighted by Gasteiger charge is 2.24. The molecule has 2 aromatic rings. The molecule has 2 rings (SSSR count). The van der Waals surface area contributed by atoms with Crippen molar-refractivity contribution in [2.24, 2.45) is 5.73 Å². The molecule has 2 atom stereocenters. The summed E-state index contributed by atoms with van der Waals surface area (Å²) in [4.78, 5) is 46.7. The number of carboxylic acids is 1. The maximum atomic E-state index is 12.4. The van der Waals surface area contributed by atoms with Crippen LogP contribution >= 0.6 is 0 Å². The van der Waals surface area contributed by atoms with Crippen LogP contribution in [0.25, 0.3) is 11.1 Å². The van der Waals surface area contributed by atoms with E-state index in [4.69, 9.17) is 10.8 Å². The molecule has 2 aromatic carbocycles. The second-order valence-corrected chi connectivity index (χ2v) is 7.25. The predicted octanol–water partition coefficient (Wildman–Crippen LogP) is 1.63. The van der Waals surface area contributed by atoms with E-state index in [-0.39, 0.29) is 25.2 Å². The number of aryl methyl sites for hydroxylation is 1. The maximum Gasteiger partial charge on any atom is 0.303 e. The molecular weight excluding hydrogens is 398 g/mol. The Morgan fingerprint density at radius 3 is 2.10 bits per heavy atom. The average Bonchev–Trinajstić information content (AvgIpc) is 2.75. The number of carbonyl (C=O) groups excluding carboxylic acids is 3. The second-order valence-electron chi connectivity index (χ2n) is 7.25. The van der Waals surface area contributed by atoms with Crippen LogP contribution in [0.3, 0.4) is 0 Å². The van der Waals surface area contributed by atoms with Gasteiger partial charge in [0.25, 0.3) is 0 Å². The highest BCUT2D eigenvalue weighted by Crippen LogP contribution is 2.19. The van der Waals surface area contributed by atoms with Crippen LogP contribution in [0.1, 0.15) is 31.7 Å². The van der Waals surface area contributed by atoms with Crippen LogP contribution in [0.2, 0.25) is 0 Å². The highest BCUT2D eigenvalue weighted by atomic mass is 16.4. The van der Waals surface area contributed by atoms with Gasteiger partial charge in [-0.05, 0) is 36.5 Å². The minimum atomic E-state index is -1.09. The van der Waals surface area contributed by atoms with Gasteiger partial charge in [-0.2, -0.15) is 0 Å². The van der Waals surface area contributed by atoms with Gasteiger partial charge in [0, 0.05) is 12.8 Å². The van der Waals surface area contributed by atoms with E-state index in [9.17, 15) is 19.2 Å². The molecule has 0 radical (unpaired) electrons. The van der Waals surface area contributed by atoms with Crippen LogP contribution in [-0.4, -0.2) is 40.9 Å². The molecule has 0 aliphatic heterocycles. The lowest BCUT2D eigenvalue weighted by molar-refractivity contribution is -0.138. The zero-order valence-electron chi connectivity index (χ0n) is 17.3. The first-order chi connectivity index (χ1) is 14.8.